The maximum atomic E-state index is 11.0. The van der Waals surface area contributed by atoms with Crippen LogP contribution in [0.15, 0.2) is 18.2 Å². The summed E-state index contributed by atoms with van der Waals surface area (Å²) in [6.45, 7) is 3.77. The van der Waals surface area contributed by atoms with Gasteiger partial charge in [-0.3, -0.25) is 10.1 Å². The van der Waals surface area contributed by atoms with Gasteiger partial charge in [-0.15, -0.1) is 0 Å². The molecule has 1 aliphatic rings. The van der Waals surface area contributed by atoms with Crippen molar-refractivity contribution < 1.29 is 4.92 Å². The lowest BCUT2D eigenvalue weighted by molar-refractivity contribution is -0.384. The van der Waals surface area contributed by atoms with Gasteiger partial charge in [0.1, 0.15) is 0 Å². The molecule has 0 unspecified atom stereocenters. The van der Waals surface area contributed by atoms with Gasteiger partial charge in [-0.1, -0.05) is 19.8 Å². The van der Waals surface area contributed by atoms with Gasteiger partial charge in [-0.05, 0) is 31.2 Å². The molecule has 1 fully saturated rings. The predicted octanol–water partition coefficient (Wildman–Crippen LogP) is 4.02. The first-order valence-electron chi connectivity index (χ1n) is 7.46. The third-order valence-electron chi connectivity index (χ3n) is 3.52. The van der Waals surface area contributed by atoms with Crippen molar-refractivity contribution in [2.75, 3.05) is 23.7 Å². The van der Waals surface area contributed by atoms with Crippen LogP contribution in [0.3, 0.4) is 0 Å². The summed E-state index contributed by atoms with van der Waals surface area (Å²) in [6, 6.07) is 5.14. The summed E-state index contributed by atoms with van der Waals surface area (Å²) in [5.41, 5.74) is 1.77. The fraction of sp³-hybridized carbons (Fsp3) is 0.600. The van der Waals surface area contributed by atoms with Crippen LogP contribution >= 0.6 is 0 Å². The van der Waals surface area contributed by atoms with Gasteiger partial charge in [0.25, 0.3) is 5.69 Å². The Morgan fingerprint density at radius 3 is 2.40 bits per heavy atom. The van der Waals surface area contributed by atoms with E-state index in [-0.39, 0.29) is 10.6 Å². The van der Waals surface area contributed by atoms with Crippen LogP contribution < -0.4 is 10.6 Å². The molecule has 1 aromatic rings. The fourth-order valence-corrected chi connectivity index (χ4v) is 2.22. The van der Waals surface area contributed by atoms with Crippen molar-refractivity contribution in [3.63, 3.8) is 0 Å². The van der Waals surface area contributed by atoms with Crippen molar-refractivity contribution in [3.05, 3.63) is 28.3 Å². The van der Waals surface area contributed by atoms with Crippen molar-refractivity contribution in [3.8, 4) is 0 Å². The fourth-order valence-electron chi connectivity index (χ4n) is 2.22. The lowest BCUT2D eigenvalue weighted by Crippen LogP contribution is -2.05. The summed E-state index contributed by atoms with van der Waals surface area (Å²) >= 11 is 0. The number of non-ortho nitro benzene ring substituents is 1. The topological polar surface area (TPSA) is 67.2 Å². The zero-order chi connectivity index (χ0) is 14.4. The molecule has 0 bridgehead atoms. The Labute approximate surface area is 119 Å². The van der Waals surface area contributed by atoms with Crippen LogP contribution in [0.25, 0.3) is 0 Å². The molecule has 0 radical (unpaired) electrons. The quantitative estimate of drug-likeness (QED) is 0.406. The second-order valence-electron chi connectivity index (χ2n) is 5.46. The first kappa shape index (κ1) is 14.6. The summed E-state index contributed by atoms with van der Waals surface area (Å²) in [7, 11) is 0. The lowest BCUT2D eigenvalue weighted by Gasteiger charge is -2.10. The first-order valence-corrected chi connectivity index (χ1v) is 7.46. The number of rotatable bonds is 9. The van der Waals surface area contributed by atoms with Crippen molar-refractivity contribution in [2.45, 2.75) is 39.0 Å². The minimum Gasteiger partial charge on any atom is -0.385 e. The highest BCUT2D eigenvalue weighted by Gasteiger charge is 2.20. The van der Waals surface area contributed by atoms with Gasteiger partial charge in [0.2, 0.25) is 0 Å². The number of nitrogens with one attached hydrogen (secondary N) is 2. The molecule has 0 spiro atoms. The Kier molecular flexibility index (Phi) is 5.21. The third-order valence-corrected chi connectivity index (χ3v) is 3.52. The number of anilines is 2. The maximum absolute atomic E-state index is 11.0. The van der Waals surface area contributed by atoms with Crippen LogP contribution in [0.2, 0.25) is 0 Å². The molecule has 0 heterocycles. The van der Waals surface area contributed by atoms with Crippen LogP contribution in [-0.2, 0) is 0 Å². The largest absolute Gasteiger partial charge is 0.385 e. The molecule has 0 atom stereocenters. The maximum Gasteiger partial charge on any atom is 0.273 e. The number of nitro benzene ring substituents is 1. The molecule has 5 nitrogen and oxygen atoms in total. The Morgan fingerprint density at radius 1 is 1.20 bits per heavy atom. The average molecular weight is 277 g/mol. The van der Waals surface area contributed by atoms with Crippen molar-refractivity contribution >= 4 is 17.1 Å². The summed E-state index contributed by atoms with van der Waals surface area (Å²) < 4.78 is 0. The molecular formula is C15H23N3O2. The van der Waals surface area contributed by atoms with Gasteiger partial charge < -0.3 is 10.6 Å². The Hall–Kier alpha value is -1.78. The molecule has 2 N–H and O–H groups in total. The van der Waals surface area contributed by atoms with Gasteiger partial charge in [-0.25, -0.2) is 0 Å². The van der Waals surface area contributed by atoms with E-state index in [2.05, 4.69) is 17.6 Å². The summed E-state index contributed by atoms with van der Waals surface area (Å²) in [5.74, 6) is 0.934. The number of hydrogen-bond acceptors (Lipinski definition) is 4. The molecule has 0 aliphatic heterocycles. The van der Waals surface area contributed by atoms with E-state index in [0.29, 0.717) is 0 Å². The highest BCUT2D eigenvalue weighted by atomic mass is 16.6. The van der Waals surface area contributed by atoms with Crippen molar-refractivity contribution in [1.29, 1.82) is 0 Å². The monoisotopic (exact) mass is 277 g/mol. The second-order valence-corrected chi connectivity index (χ2v) is 5.46. The van der Waals surface area contributed by atoms with Crippen LogP contribution in [-0.4, -0.2) is 18.0 Å². The minimum absolute atomic E-state index is 0.135. The molecule has 0 saturated heterocycles. The molecule has 1 saturated carbocycles. The predicted molar refractivity (Wildman–Crippen MR) is 82.3 cm³/mol. The van der Waals surface area contributed by atoms with Crippen LogP contribution in [0.4, 0.5) is 17.1 Å². The molecule has 0 amide bonds. The van der Waals surface area contributed by atoms with Gasteiger partial charge in [0.15, 0.2) is 0 Å². The van der Waals surface area contributed by atoms with Gasteiger partial charge >= 0.3 is 0 Å². The molecular weight excluding hydrogens is 254 g/mol. The molecule has 20 heavy (non-hydrogen) atoms. The molecule has 110 valence electrons. The third kappa shape index (κ3) is 4.72. The van der Waals surface area contributed by atoms with E-state index in [1.807, 2.05) is 6.07 Å². The van der Waals surface area contributed by atoms with Crippen LogP contribution in [0, 0.1) is 16.0 Å². The Balaban J connectivity index is 1.93. The second kappa shape index (κ2) is 7.12. The Bertz CT molecular complexity index is 458. The average Bonchev–Trinajstić information content (AvgIpc) is 3.25. The van der Waals surface area contributed by atoms with Gasteiger partial charge in [-0.2, -0.15) is 0 Å². The van der Waals surface area contributed by atoms with Gasteiger partial charge in [0.05, 0.1) is 4.92 Å². The molecule has 5 heteroatoms. The SMILES string of the molecule is CCCNc1cc(NCCCC2CC2)cc([N+](=O)[O-])c1. The van der Waals surface area contributed by atoms with E-state index in [1.165, 1.54) is 19.3 Å². The summed E-state index contributed by atoms with van der Waals surface area (Å²) in [6.07, 6.45) is 6.14. The molecule has 1 aromatic carbocycles. The zero-order valence-electron chi connectivity index (χ0n) is 12.0. The summed E-state index contributed by atoms with van der Waals surface area (Å²) in [4.78, 5) is 10.6. The number of nitro groups is 1. The highest BCUT2D eigenvalue weighted by molar-refractivity contribution is 5.63. The number of nitrogens with zero attached hydrogens (tertiary/aromatic N) is 1. The standard InChI is InChI=1S/C15H23N3O2/c1-2-7-16-13-9-14(11-15(10-13)18(19)20)17-8-3-4-12-5-6-12/h9-12,16-17H,2-8H2,1H3. The van der Waals surface area contributed by atoms with E-state index in [9.17, 15) is 10.1 Å². The lowest BCUT2D eigenvalue weighted by atomic mass is 10.2. The van der Waals surface area contributed by atoms with E-state index in [1.54, 1.807) is 12.1 Å². The smallest absolute Gasteiger partial charge is 0.273 e. The minimum atomic E-state index is -0.341. The van der Waals surface area contributed by atoms with E-state index in [4.69, 9.17) is 0 Å². The van der Waals surface area contributed by atoms with Crippen molar-refractivity contribution in [2.24, 2.45) is 5.92 Å². The normalized spacial score (nSPS) is 14.1. The number of benzene rings is 1. The van der Waals surface area contributed by atoms with Gasteiger partial charge in [0, 0.05) is 36.6 Å². The number of hydrogen-bond donors (Lipinski definition) is 2. The molecule has 2 rings (SSSR count). The molecule has 1 aliphatic carbocycles. The first-order chi connectivity index (χ1) is 9.69. The molecule has 0 aromatic heterocycles. The summed E-state index contributed by atoms with van der Waals surface area (Å²) in [5, 5.41) is 17.5. The van der Waals surface area contributed by atoms with E-state index >= 15 is 0 Å². The Morgan fingerprint density at radius 2 is 1.85 bits per heavy atom. The van der Waals surface area contributed by atoms with Crippen LogP contribution in [0.5, 0.6) is 0 Å². The van der Waals surface area contributed by atoms with Crippen LogP contribution in [0.1, 0.15) is 39.0 Å². The van der Waals surface area contributed by atoms with E-state index in [0.717, 1.165) is 43.2 Å². The van der Waals surface area contributed by atoms with E-state index < -0.39 is 0 Å². The van der Waals surface area contributed by atoms with Crippen molar-refractivity contribution in [1.82, 2.24) is 0 Å². The highest BCUT2D eigenvalue weighted by Crippen LogP contribution is 2.33. The zero-order valence-corrected chi connectivity index (χ0v) is 12.0.